The van der Waals surface area contributed by atoms with E-state index in [-0.39, 0.29) is 18.2 Å². The van der Waals surface area contributed by atoms with Crippen LogP contribution in [0.3, 0.4) is 0 Å². The quantitative estimate of drug-likeness (QED) is 0.580. The molecule has 0 spiro atoms. The van der Waals surface area contributed by atoms with Crippen molar-refractivity contribution in [1.82, 2.24) is 4.90 Å². The molecule has 3 rings (SSSR count). The van der Waals surface area contributed by atoms with E-state index in [1.165, 1.54) is 11.9 Å². The molecule has 0 N–H and O–H groups in total. The van der Waals surface area contributed by atoms with E-state index in [0.29, 0.717) is 5.69 Å². The zero-order valence-electron chi connectivity index (χ0n) is 15.4. The maximum atomic E-state index is 12.5. The molecule has 2 amide bonds. The molecule has 0 saturated carbocycles. The Morgan fingerprint density at radius 3 is 2.31 bits per heavy atom. The lowest BCUT2D eigenvalue weighted by Gasteiger charge is -2.14. The van der Waals surface area contributed by atoms with Crippen molar-refractivity contribution in [3.63, 3.8) is 0 Å². The van der Waals surface area contributed by atoms with E-state index in [4.69, 9.17) is 0 Å². The number of carbonyl (C=O) groups excluding carboxylic acids is 2. The van der Waals surface area contributed by atoms with Crippen LogP contribution in [0.2, 0.25) is 0 Å². The van der Waals surface area contributed by atoms with Gasteiger partial charge in [0.25, 0.3) is 0 Å². The normalized spacial score (nSPS) is 17.5. The second-order valence-electron chi connectivity index (χ2n) is 6.44. The Bertz CT molecular complexity index is 873. The molecular formula is C21H23N3O2. The number of benzene rings is 2. The Balaban J connectivity index is 2.05. The molecular weight excluding hydrogens is 326 g/mol. The zero-order chi connectivity index (χ0) is 18.7. The van der Waals surface area contributed by atoms with Gasteiger partial charge in [0.05, 0.1) is 17.3 Å². The molecule has 0 radical (unpaired) electrons. The summed E-state index contributed by atoms with van der Waals surface area (Å²) in [4.78, 5) is 25.6. The fourth-order valence-electron chi connectivity index (χ4n) is 3.31. The highest BCUT2D eigenvalue weighted by molar-refractivity contribution is 6.06. The van der Waals surface area contributed by atoms with Gasteiger partial charge < -0.3 is 0 Å². The molecule has 1 heterocycles. The van der Waals surface area contributed by atoms with Gasteiger partial charge in [0.15, 0.2) is 0 Å². The van der Waals surface area contributed by atoms with Crippen molar-refractivity contribution in [3.05, 3.63) is 59.2 Å². The third-order valence-corrected chi connectivity index (χ3v) is 4.92. The minimum absolute atomic E-state index is 0.152. The van der Waals surface area contributed by atoms with Gasteiger partial charge in [0.1, 0.15) is 0 Å². The molecule has 0 aromatic heterocycles. The van der Waals surface area contributed by atoms with Gasteiger partial charge in [-0.2, -0.15) is 5.11 Å². The van der Waals surface area contributed by atoms with Gasteiger partial charge in [-0.25, -0.2) is 0 Å². The first-order valence-corrected chi connectivity index (χ1v) is 8.98. The molecule has 1 saturated heterocycles. The number of likely N-dealkylation sites (tertiary alicyclic amines) is 1. The molecule has 26 heavy (non-hydrogen) atoms. The van der Waals surface area contributed by atoms with Gasteiger partial charge in [-0.15, -0.1) is 5.11 Å². The zero-order valence-corrected chi connectivity index (χ0v) is 15.4. The minimum Gasteiger partial charge on any atom is -0.285 e. The minimum atomic E-state index is -0.477. The van der Waals surface area contributed by atoms with E-state index < -0.39 is 5.92 Å². The van der Waals surface area contributed by atoms with Crippen LogP contribution in [0.25, 0.3) is 0 Å². The van der Waals surface area contributed by atoms with Crippen LogP contribution in [0, 0.1) is 0 Å². The molecule has 1 fully saturated rings. The predicted octanol–water partition coefficient (Wildman–Crippen LogP) is 4.70. The lowest BCUT2D eigenvalue weighted by atomic mass is 9.93. The molecule has 1 aliphatic rings. The monoisotopic (exact) mass is 349 g/mol. The Hall–Kier alpha value is -2.82. The molecule has 2 aromatic carbocycles. The summed E-state index contributed by atoms with van der Waals surface area (Å²) in [6, 6.07) is 13.7. The van der Waals surface area contributed by atoms with Crippen molar-refractivity contribution >= 4 is 23.2 Å². The Labute approximate surface area is 153 Å². The van der Waals surface area contributed by atoms with E-state index in [2.05, 4.69) is 17.2 Å². The second kappa shape index (κ2) is 7.60. The van der Waals surface area contributed by atoms with E-state index in [9.17, 15) is 9.59 Å². The van der Waals surface area contributed by atoms with Crippen LogP contribution >= 0.6 is 0 Å². The van der Waals surface area contributed by atoms with E-state index >= 15 is 0 Å². The molecule has 1 atom stereocenters. The Morgan fingerprint density at radius 2 is 1.65 bits per heavy atom. The van der Waals surface area contributed by atoms with Gasteiger partial charge >= 0.3 is 0 Å². The molecule has 134 valence electrons. The number of carbonyl (C=O) groups is 2. The van der Waals surface area contributed by atoms with Crippen molar-refractivity contribution in [2.75, 3.05) is 7.05 Å². The van der Waals surface area contributed by atoms with Crippen molar-refractivity contribution in [1.29, 1.82) is 0 Å². The lowest BCUT2D eigenvalue weighted by molar-refractivity contribution is -0.137. The van der Waals surface area contributed by atoms with Crippen LogP contribution in [-0.2, 0) is 22.4 Å². The maximum absolute atomic E-state index is 12.5. The topological polar surface area (TPSA) is 62.1 Å². The van der Waals surface area contributed by atoms with Gasteiger partial charge in [0.2, 0.25) is 11.8 Å². The van der Waals surface area contributed by atoms with Gasteiger partial charge in [-0.3, -0.25) is 14.5 Å². The first-order chi connectivity index (χ1) is 12.6. The summed E-state index contributed by atoms with van der Waals surface area (Å²) >= 11 is 0. The number of aryl methyl sites for hydroxylation is 2. The highest BCUT2D eigenvalue weighted by Crippen LogP contribution is 2.38. The highest BCUT2D eigenvalue weighted by atomic mass is 16.2. The lowest BCUT2D eigenvalue weighted by Crippen LogP contribution is -2.25. The van der Waals surface area contributed by atoms with E-state index in [0.717, 1.165) is 35.2 Å². The highest BCUT2D eigenvalue weighted by Gasteiger charge is 2.38. The summed E-state index contributed by atoms with van der Waals surface area (Å²) in [5.41, 5.74) is 4.47. The van der Waals surface area contributed by atoms with E-state index in [1.807, 2.05) is 49.4 Å². The number of nitrogens with zero attached hydrogens (tertiary/aromatic N) is 3. The summed E-state index contributed by atoms with van der Waals surface area (Å²) in [5.74, 6) is -0.802. The summed E-state index contributed by atoms with van der Waals surface area (Å²) < 4.78 is 0. The standard InChI is InChI=1S/C21H23N3O2/c1-4-14-9-6-7-12-18(14)22-23-20-15(5-2)10-8-11-16(20)17-13-19(25)24(3)21(17)26/h6-12,17H,4-5,13H2,1-3H3/b23-22+. The molecule has 1 aliphatic heterocycles. The number of hydrogen-bond acceptors (Lipinski definition) is 4. The van der Waals surface area contributed by atoms with Crippen LogP contribution in [-0.4, -0.2) is 23.8 Å². The second-order valence-corrected chi connectivity index (χ2v) is 6.44. The molecule has 5 nitrogen and oxygen atoms in total. The van der Waals surface area contributed by atoms with Crippen LogP contribution < -0.4 is 0 Å². The Kier molecular flexibility index (Phi) is 5.26. The van der Waals surface area contributed by atoms with E-state index in [1.54, 1.807) is 0 Å². The largest absolute Gasteiger partial charge is 0.285 e. The summed E-state index contributed by atoms with van der Waals surface area (Å²) in [6.45, 7) is 4.13. The SMILES string of the molecule is CCc1ccccc1/N=N/c1c(CC)cccc1C1CC(=O)N(C)C1=O. The number of hydrogen-bond donors (Lipinski definition) is 0. The fraction of sp³-hybridized carbons (Fsp3) is 0.333. The molecule has 5 heteroatoms. The molecule has 0 bridgehead atoms. The average Bonchev–Trinajstić information content (AvgIpc) is 2.93. The van der Waals surface area contributed by atoms with Crippen LogP contribution in [0.5, 0.6) is 0 Å². The molecule has 2 aromatic rings. The molecule has 0 aliphatic carbocycles. The first kappa shape index (κ1) is 18.0. The third-order valence-electron chi connectivity index (χ3n) is 4.92. The first-order valence-electron chi connectivity index (χ1n) is 8.98. The number of likely N-dealkylation sites (N-methyl/N-ethyl adjacent to an activating group) is 1. The number of azo groups is 1. The summed E-state index contributed by atoms with van der Waals surface area (Å²) in [7, 11) is 1.53. The average molecular weight is 349 g/mol. The fourth-order valence-corrected chi connectivity index (χ4v) is 3.31. The number of amides is 2. The van der Waals surface area contributed by atoms with Crippen molar-refractivity contribution in [2.45, 2.75) is 39.0 Å². The summed E-state index contributed by atoms with van der Waals surface area (Å²) in [5, 5.41) is 8.99. The van der Waals surface area contributed by atoms with Gasteiger partial charge in [-0.1, -0.05) is 50.2 Å². The predicted molar refractivity (Wildman–Crippen MR) is 101 cm³/mol. The molecule has 1 unspecified atom stereocenters. The van der Waals surface area contributed by atoms with Crippen molar-refractivity contribution < 1.29 is 9.59 Å². The summed E-state index contributed by atoms with van der Waals surface area (Å²) in [6.07, 6.45) is 1.84. The van der Waals surface area contributed by atoms with Crippen molar-refractivity contribution in [3.8, 4) is 0 Å². The van der Waals surface area contributed by atoms with Crippen LogP contribution in [0.1, 0.15) is 42.9 Å². The smallest absolute Gasteiger partial charge is 0.237 e. The van der Waals surface area contributed by atoms with Gasteiger partial charge in [0, 0.05) is 13.5 Å². The van der Waals surface area contributed by atoms with Crippen LogP contribution in [0.4, 0.5) is 11.4 Å². The number of imide groups is 1. The van der Waals surface area contributed by atoms with Crippen molar-refractivity contribution in [2.24, 2.45) is 10.2 Å². The maximum Gasteiger partial charge on any atom is 0.237 e. The Morgan fingerprint density at radius 1 is 0.962 bits per heavy atom. The van der Waals surface area contributed by atoms with Gasteiger partial charge in [-0.05, 0) is 35.6 Å². The number of rotatable bonds is 5. The third kappa shape index (κ3) is 3.29. The van der Waals surface area contributed by atoms with Crippen LogP contribution in [0.15, 0.2) is 52.7 Å².